The van der Waals surface area contributed by atoms with Gasteiger partial charge >= 0.3 is 12.0 Å². The Morgan fingerprint density at radius 3 is 2.40 bits per heavy atom. The topological polar surface area (TPSA) is 81.7 Å². The van der Waals surface area contributed by atoms with Crippen molar-refractivity contribution in [2.24, 2.45) is 11.8 Å². The van der Waals surface area contributed by atoms with Gasteiger partial charge in [0, 0.05) is 6.54 Å². The van der Waals surface area contributed by atoms with Crippen molar-refractivity contribution < 1.29 is 14.7 Å². The summed E-state index contributed by atoms with van der Waals surface area (Å²) in [5.74, 6) is -0.468. The average Bonchev–Trinajstić information content (AvgIpc) is 2.37. The summed E-state index contributed by atoms with van der Waals surface area (Å²) in [6.45, 7) is 6.39. The summed E-state index contributed by atoms with van der Waals surface area (Å²) in [5, 5.41) is 14.3. The van der Waals surface area contributed by atoms with Crippen LogP contribution >= 0.6 is 0 Å². The first kappa shape index (κ1) is 16.8. The largest absolute Gasteiger partial charge is 0.480 e. The van der Waals surface area contributed by atoms with Crippen LogP contribution in [-0.2, 0) is 4.79 Å². The van der Waals surface area contributed by atoms with Crippen LogP contribution in [0.3, 0.4) is 0 Å². The highest BCUT2D eigenvalue weighted by molar-refractivity contribution is 5.82. The molecule has 3 N–H and O–H groups in total. The van der Waals surface area contributed by atoms with Crippen LogP contribution in [0.25, 0.3) is 0 Å². The molecule has 1 fully saturated rings. The minimum Gasteiger partial charge on any atom is -0.480 e. The smallest absolute Gasteiger partial charge is 0.326 e. The third-order valence-corrected chi connectivity index (χ3v) is 3.90. The molecular formula is C14H27N3O3. The summed E-state index contributed by atoms with van der Waals surface area (Å²) in [6, 6.07) is -1.22. The van der Waals surface area contributed by atoms with Crippen LogP contribution in [0.5, 0.6) is 0 Å². The number of carboxylic acid groups (broad SMARTS) is 1. The van der Waals surface area contributed by atoms with Crippen molar-refractivity contribution in [3.8, 4) is 0 Å². The van der Waals surface area contributed by atoms with E-state index in [-0.39, 0.29) is 11.9 Å². The predicted octanol–water partition coefficient (Wildman–Crippen LogP) is 1.13. The van der Waals surface area contributed by atoms with Gasteiger partial charge in [-0.3, -0.25) is 0 Å². The van der Waals surface area contributed by atoms with Gasteiger partial charge in [-0.2, -0.15) is 0 Å². The second kappa shape index (κ2) is 8.09. The molecule has 0 spiro atoms. The molecule has 20 heavy (non-hydrogen) atoms. The van der Waals surface area contributed by atoms with Gasteiger partial charge in [-0.15, -0.1) is 0 Å². The third kappa shape index (κ3) is 5.77. The maximum Gasteiger partial charge on any atom is 0.326 e. The van der Waals surface area contributed by atoms with E-state index in [0.717, 1.165) is 19.5 Å². The van der Waals surface area contributed by atoms with Crippen LogP contribution in [0.15, 0.2) is 0 Å². The van der Waals surface area contributed by atoms with Gasteiger partial charge in [-0.25, -0.2) is 9.59 Å². The fourth-order valence-electron chi connectivity index (χ4n) is 2.45. The number of carbonyl (C=O) groups excluding carboxylic acids is 1. The Morgan fingerprint density at radius 1 is 1.30 bits per heavy atom. The molecule has 1 saturated heterocycles. The standard InChI is InChI=1S/C14H27N3O3/c1-10(2)12(13(18)19)16-14(20)15-7-4-11-5-8-17(3)9-6-11/h10-12H,4-9H2,1-3H3,(H,18,19)(H2,15,16,20)/t12-/m0/s1. The molecule has 2 amide bonds. The van der Waals surface area contributed by atoms with Crippen molar-refractivity contribution >= 4 is 12.0 Å². The molecule has 1 heterocycles. The number of nitrogens with zero attached hydrogens (tertiary/aromatic N) is 1. The number of hydrogen-bond donors (Lipinski definition) is 3. The number of urea groups is 1. The van der Waals surface area contributed by atoms with Gasteiger partial charge in [0.25, 0.3) is 0 Å². The van der Waals surface area contributed by atoms with Gasteiger partial charge in [0.15, 0.2) is 0 Å². The Morgan fingerprint density at radius 2 is 1.90 bits per heavy atom. The zero-order valence-corrected chi connectivity index (χ0v) is 12.7. The summed E-state index contributed by atoms with van der Waals surface area (Å²) < 4.78 is 0. The lowest BCUT2D eigenvalue weighted by molar-refractivity contribution is -0.140. The number of hydrogen-bond acceptors (Lipinski definition) is 3. The van der Waals surface area contributed by atoms with Crippen molar-refractivity contribution in [1.29, 1.82) is 0 Å². The minimum atomic E-state index is -0.995. The van der Waals surface area contributed by atoms with Gasteiger partial charge < -0.3 is 20.6 Å². The Labute approximate surface area is 120 Å². The first-order valence-corrected chi connectivity index (χ1v) is 7.36. The Hall–Kier alpha value is -1.30. The molecule has 6 nitrogen and oxygen atoms in total. The SMILES string of the molecule is CC(C)[C@H](NC(=O)NCCC1CCN(C)CC1)C(=O)O. The van der Waals surface area contributed by atoms with E-state index in [0.29, 0.717) is 12.5 Å². The fraction of sp³-hybridized carbons (Fsp3) is 0.857. The number of piperidine rings is 1. The molecule has 1 aliphatic heterocycles. The van der Waals surface area contributed by atoms with E-state index >= 15 is 0 Å². The molecule has 1 atom stereocenters. The Bertz CT molecular complexity index is 326. The average molecular weight is 285 g/mol. The first-order valence-electron chi connectivity index (χ1n) is 7.36. The van der Waals surface area contributed by atoms with Crippen molar-refractivity contribution in [1.82, 2.24) is 15.5 Å². The van der Waals surface area contributed by atoms with Gasteiger partial charge in [-0.1, -0.05) is 13.8 Å². The fourth-order valence-corrected chi connectivity index (χ4v) is 2.45. The molecule has 0 radical (unpaired) electrons. The van der Waals surface area contributed by atoms with E-state index in [1.54, 1.807) is 13.8 Å². The van der Waals surface area contributed by atoms with Crippen molar-refractivity contribution in [3.63, 3.8) is 0 Å². The second-order valence-electron chi connectivity index (χ2n) is 6.00. The highest BCUT2D eigenvalue weighted by Crippen LogP contribution is 2.18. The molecule has 0 aromatic heterocycles. The number of carboxylic acids is 1. The molecular weight excluding hydrogens is 258 g/mol. The molecule has 1 rings (SSSR count). The van der Waals surface area contributed by atoms with E-state index < -0.39 is 12.0 Å². The van der Waals surface area contributed by atoms with Gasteiger partial charge in [0.1, 0.15) is 6.04 Å². The number of carbonyl (C=O) groups is 2. The maximum atomic E-state index is 11.7. The summed E-state index contributed by atoms with van der Waals surface area (Å²) in [5.41, 5.74) is 0. The molecule has 0 bridgehead atoms. The lowest BCUT2D eigenvalue weighted by Crippen LogP contribution is -2.49. The quantitative estimate of drug-likeness (QED) is 0.683. The van der Waals surface area contributed by atoms with E-state index in [4.69, 9.17) is 5.11 Å². The Balaban J connectivity index is 2.21. The van der Waals surface area contributed by atoms with Gasteiger partial charge in [0.2, 0.25) is 0 Å². The van der Waals surface area contributed by atoms with E-state index in [1.165, 1.54) is 12.8 Å². The Kier molecular flexibility index (Phi) is 6.78. The second-order valence-corrected chi connectivity index (χ2v) is 6.00. The minimum absolute atomic E-state index is 0.132. The molecule has 0 saturated carbocycles. The summed E-state index contributed by atoms with van der Waals surface area (Å²) in [6.07, 6.45) is 3.30. The van der Waals surface area contributed by atoms with Crippen molar-refractivity contribution in [2.45, 2.75) is 39.2 Å². The summed E-state index contributed by atoms with van der Waals surface area (Å²) in [4.78, 5) is 25.0. The number of aliphatic carboxylic acids is 1. The molecule has 1 aliphatic rings. The highest BCUT2D eigenvalue weighted by atomic mass is 16.4. The van der Waals surface area contributed by atoms with Crippen LogP contribution in [0.4, 0.5) is 4.79 Å². The number of nitrogens with one attached hydrogen (secondary N) is 2. The van der Waals surface area contributed by atoms with Crippen LogP contribution in [0.1, 0.15) is 33.1 Å². The molecule has 0 aromatic rings. The lowest BCUT2D eigenvalue weighted by Gasteiger charge is -2.29. The van der Waals surface area contributed by atoms with Crippen molar-refractivity contribution in [3.05, 3.63) is 0 Å². The van der Waals surface area contributed by atoms with Gasteiger partial charge in [0.05, 0.1) is 0 Å². The van der Waals surface area contributed by atoms with E-state index in [2.05, 4.69) is 22.6 Å². The lowest BCUT2D eigenvalue weighted by atomic mass is 9.94. The zero-order chi connectivity index (χ0) is 15.1. The van der Waals surface area contributed by atoms with Crippen LogP contribution in [0.2, 0.25) is 0 Å². The van der Waals surface area contributed by atoms with Crippen LogP contribution < -0.4 is 10.6 Å². The van der Waals surface area contributed by atoms with E-state index in [9.17, 15) is 9.59 Å². The number of rotatable bonds is 6. The highest BCUT2D eigenvalue weighted by Gasteiger charge is 2.23. The molecule has 0 unspecified atom stereocenters. The normalized spacial score (nSPS) is 18.8. The number of likely N-dealkylation sites (tertiary alicyclic amines) is 1. The zero-order valence-electron chi connectivity index (χ0n) is 12.7. The third-order valence-electron chi connectivity index (χ3n) is 3.90. The maximum absolute atomic E-state index is 11.7. The summed E-state index contributed by atoms with van der Waals surface area (Å²) in [7, 11) is 2.12. The van der Waals surface area contributed by atoms with E-state index in [1.807, 2.05) is 0 Å². The first-order chi connectivity index (χ1) is 9.40. The van der Waals surface area contributed by atoms with Crippen LogP contribution in [-0.4, -0.2) is 54.7 Å². The number of amides is 2. The monoisotopic (exact) mass is 285 g/mol. The van der Waals surface area contributed by atoms with Crippen molar-refractivity contribution in [2.75, 3.05) is 26.7 Å². The molecule has 116 valence electrons. The molecule has 6 heteroatoms. The molecule has 0 aliphatic carbocycles. The predicted molar refractivity (Wildman–Crippen MR) is 77.6 cm³/mol. The van der Waals surface area contributed by atoms with Crippen LogP contribution in [0, 0.1) is 11.8 Å². The van der Waals surface area contributed by atoms with Gasteiger partial charge in [-0.05, 0) is 51.2 Å². The molecule has 0 aromatic carbocycles. The summed E-state index contributed by atoms with van der Waals surface area (Å²) >= 11 is 0.